The van der Waals surface area contributed by atoms with Crippen LogP contribution in [-0.4, -0.2) is 5.97 Å². The van der Waals surface area contributed by atoms with Crippen molar-refractivity contribution in [3.05, 3.63) is 41.1 Å². The standard InChI is InChI=1S/C11H8O2/c1-8-5-6-9-3-2-4-11(12)13-10(9)7-8/h3-7H,1H3. The molecule has 64 valence electrons. The summed E-state index contributed by atoms with van der Waals surface area (Å²) in [5, 5.41) is 0. The summed E-state index contributed by atoms with van der Waals surface area (Å²) in [4.78, 5) is 11.0. The molecule has 2 rings (SSSR count). The van der Waals surface area contributed by atoms with E-state index in [1.807, 2.05) is 25.1 Å². The maximum absolute atomic E-state index is 11.0. The summed E-state index contributed by atoms with van der Waals surface area (Å²) in [6, 6.07) is 5.71. The van der Waals surface area contributed by atoms with Gasteiger partial charge in [-0.2, -0.15) is 0 Å². The lowest BCUT2D eigenvalue weighted by Gasteiger charge is -2.04. The summed E-state index contributed by atoms with van der Waals surface area (Å²) in [5.74, 6) is 0.229. The number of ether oxygens (including phenoxy) is 1. The Kier molecular flexibility index (Phi) is 1.76. The third-order valence-electron chi connectivity index (χ3n) is 1.82. The Bertz CT molecular complexity index is 424. The van der Waals surface area contributed by atoms with E-state index in [4.69, 9.17) is 4.74 Å². The molecule has 0 aliphatic carbocycles. The van der Waals surface area contributed by atoms with Crippen molar-refractivity contribution in [1.82, 2.24) is 0 Å². The van der Waals surface area contributed by atoms with Crippen LogP contribution in [0.2, 0.25) is 0 Å². The van der Waals surface area contributed by atoms with E-state index in [0.29, 0.717) is 5.75 Å². The van der Waals surface area contributed by atoms with Crippen LogP contribution in [0.25, 0.3) is 6.08 Å². The lowest BCUT2D eigenvalue weighted by atomic mass is 10.1. The highest BCUT2D eigenvalue weighted by Crippen LogP contribution is 2.22. The molecule has 1 aliphatic rings. The minimum Gasteiger partial charge on any atom is -0.422 e. The smallest absolute Gasteiger partial charge is 0.344 e. The van der Waals surface area contributed by atoms with Crippen molar-refractivity contribution in [2.24, 2.45) is 0 Å². The SMILES string of the molecule is Cc1ccc2c(c1)OC(=O)C=C=C2. The van der Waals surface area contributed by atoms with Crippen LogP contribution in [0.3, 0.4) is 0 Å². The van der Waals surface area contributed by atoms with Crippen LogP contribution in [0.5, 0.6) is 5.75 Å². The zero-order valence-electron chi connectivity index (χ0n) is 7.20. The first-order valence-electron chi connectivity index (χ1n) is 4.01. The molecule has 0 radical (unpaired) electrons. The van der Waals surface area contributed by atoms with Crippen LogP contribution in [0.15, 0.2) is 30.0 Å². The van der Waals surface area contributed by atoms with E-state index in [0.717, 1.165) is 11.1 Å². The summed E-state index contributed by atoms with van der Waals surface area (Å²) in [6.45, 7) is 1.95. The fourth-order valence-corrected chi connectivity index (χ4v) is 1.19. The van der Waals surface area contributed by atoms with Gasteiger partial charge in [0.1, 0.15) is 5.75 Å². The minimum absolute atomic E-state index is 0.374. The zero-order chi connectivity index (χ0) is 9.26. The summed E-state index contributed by atoms with van der Waals surface area (Å²) in [7, 11) is 0. The van der Waals surface area contributed by atoms with E-state index in [1.165, 1.54) is 6.08 Å². The van der Waals surface area contributed by atoms with Gasteiger partial charge in [0.2, 0.25) is 0 Å². The van der Waals surface area contributed by atoms with Crippen LogP contribution in [0.1, 0.15) is 11.1 Å². The minimum atomic E-state index is -0.374. The van der Waals surface area contributed by atoms with Crippen LogP contribution in [0.4, 0.5) is 0 Å². The number of esters is 1. The Hall–Kier alpha value is -1.79. The molecule has 0 bridgehead atoms. The molecule has 1 aromatic carbocycles. The molecule has 0 amide bonds. The zero-order valence-corrected chi connectivity index (χ0v) is 7.20. The molecule has 0 N–H and O–H groups in total. The van der Waals surface area contributed by atoms with Gasteiger partial charge in [-0.25, -0.2) is 4.79 Å². The second-order valence-electron chi connectivity index (χ2n) is 2.92. The quantitative estimate of drug-likeness (QED) is 0.340. The van der Waals surface area contributed by atoms with E-state index in [-0.39, 0.29) is 5.97 Å². The van der Waals surface area contributed by atoms with Gasteiger partial charge in [-0.3, -0.25) is 0 Å². The maximum atomic E-state index is 11.0. The predicted molar refractivity (Wildman–Crippen MR) is 49.4 cm³/mol. The number of aryl methyl sites for hydroxylation is 1. The topological polar surface area (TPSA) is 26.3 Å². The Morgan fingerprint density at radius 3 is 3.00 bits per heavy atom. The van der Waals surface area contributed by atoms with E-state index in [1.54, 1.807) is 6.08 Å². The second kappa shape index (κ2) is 2.92. The van der Waals surface area contributed by atoms with Crippen molar-refractivity contribution in [3.8, 4) is 5.75 Å². The average molecular weight is 172 g/mol. The van der Waals surface area contributed by atoms with E-state index >= 15 is 0 Å². The molecule has 2 nitrogen and oxygen atoms in total. The number of carbonyl (C=O) groups is 1. The van der Waals surface area contributed by atoms with Gasteiger partial charge in [0, 0.05) is 5.56 Å². The molecule has 0 spiro atoms. The predicted octanol–water partition coefficient (Wildman–Crippen LogP) is 2.08. The Balaban J connectivity index is 2.58. The number of rotatable bonds is 0. The van der Waals surface area contributed by atoms with Crippen molar-refractivity contribution in [1.29, 1.82) is 0 Å². The molecule has 13 heavy (non-hydrogen) atoms. The van der Waals surface area contributed by atoms with Crippen LogP contribution in [-0.2, 0) is 4.79 Å². The molecule has 0 fully saturated rings. The molecular weight excluding hydrogens is 164 g/mol. The fourth-order valence-electron chi connectivity index (χ4n) is 1.19. The Labute approximate surface area is 76.1 Å². The van der Waals surface area contributed by atoms with Gasteiger partial charge in [-0.1, -0.05) is 12.1 Å². The van der Waals surface area contributed by atoms with Crippen molar-refractivity contribution < 1.29 is 9.53 Å². The lowest BCUT2D eigenvalue weighted by molar-refractivity contribution is -0.128. The molecule has 1 heterocycles. The number of benzene rings is 1. The first-order chi connectivity index (χ1) is 6.25. The number of carbonyl (C=O) groups excluding carboxylic acids is 1. The van der Waals surface area contributed by atoms with Crippen LogP contribution in [0, 0.1) is 6.92 Å². The number of fused-ring (bicyclic) bond motifs is 1. The Morgan fingerprint density at radius 1 is 1.31 bits per heavy atom. The molecule has 2 heteroatoms. The largest absolute Gasteiger partial charge is 0.422 e. The van der Waals surface area contributed by atoms with Crippen LogP contribution >= 0.6 is 0 Å². The third-order valence-corrected chi connectivity index (χ3v) is 1.82. The summed E-state index contributed by atoms with van der Waals surface area (Å²) in [5.41, 5.74) is 4.70. The molecule has 0 saturated carbocycles. The number of hydrogen-bond acceptors (Lipinski definition) is 2. The fraction of sp³-hybridized carbons (Fsp3) is 0.0909. The highest BCUT2D eigenvalue weighted by molar-refractivity contribution is 5.86. The summed E-state index contributed by atoms with van der Waals surface area (Å²) in [6.07, 6.45) is 3.02. The molecule has 0 saturated heterocycles. The first kappa shape index (κ1) is 7.84. The lowest BCUT2D eigenvalue weighted by Crippen LogP contribution is -2.03. The summed E-state index contributed by atoms with van der Waals surface area (Å²) < 4.78 is 5.05. The third kappa shape index (κ3) is 1.53. The van der Waals surface area contributed by atoms with Gasteiger partial charge in [-0.05, 0) is 24.6 Å². The van der Waals surface area contributed by atoms with Crippen molar-refractivity contribution in [3.63, 3.8) is 0 Å². The first-order valence-corrected chi connectivity index (χ1v) is 4.01. The van der Waals surface area contributed by atoms with E-state index in [2.05, 4.69) is 5.73 Å². The van der Waals surface area contributed by atoms with E-state index in [9.17, 15) is 4.79 Å². The van der Waals surface area contributed by atoms with Gasteiger partial charge in [0.05, 0.1) is 6.08 Å². The van der Waals surface area contributed by atoms with Crippen LogP contribution < -0.4 is 4.74 Å². The van der Waals surface area contributed by atoms with Crippen molar-refractivity contribution in [2.75, 3.05) is 0 Å². The molecule has 0 unspecified atom stereocenters. The monoisotopic (exact) mass is 172 g/mol. The highest BCUT2D eigenvalue weighted by Gasteiger charge is 2.07. The average Bonchev–Trinajstić information content (AvgIpc) is 2.25. The van der Waals surface area contributed by atoms with Crippen molar-refractivity contribution >= 4 is 12.0 Å². The van der Waals surface area contributed by atoms with Crippen molar-refractivity contribution in [2.45, 2.75) is 6.92 Å². The molecule has 0 atom stereocenters. The number of hydrogen-bond donors (Lipinski definition) is 0. The molecular formula is C11H8O2. The van der Waals surface area contributed by atoms with Gasteiger partial charge < -0.3 is 4.74 Å². The Morgan fingerprint density at radius 2 is 2.15 bits per heavy atom. The van der Waals surface area contributed by atoms with E-state index < -0.39 is 0 Å². The molecule has 0 aromatic heterocycles. The van der Waals surface area contributed by atoms with Gasteiger partial charge in [-0.15, -0.1) is 5.73 Å². The van der Waals surface area contributed by atoms with Gasteiger partial charge >= 0.3 is 5.97 Å². The second-order valence-corrected chi connectivity index (χ2v) is 2.92. The highest BCUT2D eigenvalue weighted by atomic mass is 16.5. The molecule has 1 aromatic rings. The van der Waals surface area contributed by atoms with Gasteiger partial charge in [0.15, 0.2) is 0 Å². The molecule has 1 aliphatic heterocycles. The van der Waals surface area contributed by atoms with Gasteiger partial charge in [0.25, 0.3) is 0 Å². The maximum Gasteiger partial charge on any atom is 0.344 e. The summed E-state index contributed by atoms with van der Waals surface area (Å²) >= 11 is 0. The normalized spacial score (nSPS) is 13.5.